The molecule has 0 aromatic carbocycles. The molecular formula is C77H149NO3. The minimum atomic E-state index is -0.660. The Morgan fingerprint density at radius 3 is 0.753 bits per heavy atom. The number of hydrogen-bond donors (Lipinski definition) is 3. The van der Waals surface area contributed by atoms with Gasteiger partial charge in [-0.1, -0.05) is 410 Å². The van der Waals surface area contributed by atoms with Crippen molar-refractivity contribution in [1.82, 2.24) is 5.32 Å². The Morgan fingerprint density at radius 2 is 0.506 bits per heavy atom. The van der Waals surface area contributed by atoms with Crippen LogP contribution in [0.4, 0.5) is 0 Å². The van der Waals surface area contributed by atoms with Gasteiger partial charge in [-0.3, -0.25) is 4.79 Å². The molecule has 0 saturated heterocycles. The lowest BCUT2D eigenvalue weighted by molar-refractivity contribution is -0.123. The number of carbonyl (C=O) groups excluding carboxylic acids is 1. The highest BCUT2D eigenvalue weighted by atomic mass is 16.3. The highest BCUT2D eigenvalue weighted by Gasteiger charge is 2.20. The number of amides is 1. The third-order valence-electron chi connectivity index (χ3n) is 17.9. The average Bonchev–Trinajstić information content (AvgIpc) is 3.47. The third-order valence-corrected chi connectivity index (χ3v) is 17.9. The first-order valence-corrected chi connectivity index (χ1v) is 37.7. The molecule has 3 N–H and O–H groups in total. The molecule has 0 aliphatic heterocycles. The first-order chi connectivity index (χ1) is 40.2. The van der Waals surface area contributed by atoms with Gasteiger partial charge >= 0.3 is 0 Å². The van der Waals surface area contributed by atoms with E-state index in [1.165, 1.54) is 366 Å². The van der Waals surface area contributed by atoms with Crippen molar-refractivity contribution in [3.05, 3.63) is 36.5 Å². The Hall–Kier alpha value is -1.39. The van der Waals surface area contributed by atoms with Crippen molar-refractivity contribution in [1.29, 1.82) is 0 Å². The number of rotatable bonds is 71. The number of carbonyl (C=O) groups is 1. The fraction of sp³-hybridized carbons (Fsp3) is 0.909. The van der Waals surface area contributed by atoms with Gasteiger partial charge in [0.15, 0.2) is 0 Å². The van der Waals surface area contributed by atoms with Gasteiger partial charge in [-0.2, -0.15) is 0 Å². The van der Waals surface area contributed by atoms with Gasteiger partial charge in [0.1, 0.15) is 0 Å². The quantitative estimate of drug-likeness (QED) is 0.0420. The lowest BCUT2D eigenvalue weighted by atomic mass is 10.0. The van der Waals surface area contributed by atoms with Crippen molar-refractivity contribution >= 4 is 5.91 Å². The molecule has 0 spiro atoms. The van der Waals surface area contributed by atoms with Crippen LogP contribution in [0.15, 0.2) is 36.5 Å². The Labute approximate surface area is 510 Å². The van der Waals surface area contributed by atoms with E-state index in [2.05, 4.69) is 55.6 Å². The van der Waals surface area contributed by atoms with Gasteiger partial charge in [0.2, 0.25) is 5.91 Å². The van der Waals surface area contributed by atoms with E-state index in [-0.39, 0.29) is 12.5 Å². The molecule has 0 aliphatic carbocycles. The van der Waals surface area contributed by atoms with Crippen LogP contribution in [0, 0.1) is 0 Å². The zero-order chi connectivity index (χ0) is 58.4. The van der Waals surface area contributed by atoms with Gasteiger partial charge in [-0.05, 0) is 51.4 Å². The monoisotopic (exact) mass is 1140 g/mol. The average molecular weight is 1140 g/mol. The molecule has 4 nitrogen and oxygen atoms in total. The van der Waals surface area contributed by atoms with Crippen LogP contribution >= 0.6 is 0 Å². The maximum atomic E-state index is 12.6. The fourth-order valence-electron chi connectivity index (χ4n) is 12.2. The van der Waals surface area contributed by atoms with Gasteiger partial charge in [0, 0.05) is 6.42 Å². The van der Waals surface area contributed by atoms with Gasteiger partial charge in [0.05, 0.1) is 18.8 Å². The molecule has 2 unspecified atom stereocenters. The zero-order valence-electron chi connectivity index (χ0n) is 55.6. The molecule has 81 heavy (non-hydrogen) atoms. The highest BCUT2D eigenvalue weighted by Crippen LogP contribution is 2.20. The molecule has 0 bridgehead atoms. The molecule has 0 saturated carbocycles. The smallest absolute Gasteiger partial charge is 0.220 e. The fourth-order valence-corrected chi connectivity index (χ4v) is 12.2. The minimum Gasteiger partial charge on any atom is -0.394 e. The summed E-state index contributed by atoms with van der Waals surface area (Å²) in [6, 6.07) is -0.536. The number of aliphatic hydroxyl groups is 2. The Morgan fingerprint density at radius 1 is 0.296 bits per heavy atom. The van der Waals surface area contributed by atoms with Crippen molar-refractivity contribution in [2.24, 2.45) is 0 Å². The van der Waals surface area contributed by atoms with E-state index in [0.717, 1.165) is 38.5 Å². The Balaban J connectivity index is 3.37. The summed E-state index contributed by atoms with van der Waals surface area (Å²) in [7, 11) is 0. The van der Waals surface area contributed by atoms with Crippen LogP contribution in [0.25, 0.3) is 0 Å². The van der Waals surface area contributed by atoms with Crippen LogP contribution in [0.5, 0.6) is 0 Å². The van der Waals surface area contributed by atoms with Crippen LogP contribution in [-0.2, 0) is 4.79 Å². The van der Waals surface area contributed by atoms with E-state index in [9.17, 15) is 15.0 Å². The molecular weight excluding hydrogens is 987 g/mol. The molecule has 480 valence electrons. The van der Waals surface area contributed by atoms with E-state index in [1.54, 1.807) is 0 Å². The van der Waals surface area contributed by atoms with Gasteiger partial charge < -0.3 is 15.5 Å². The van der Waals surface area contributed by atoms with Gasteiger partial charge in [-0.25, -0.2) is 0 Å². The molecule has 2 atom stereocenters. The van der Waals surface area contributed by atoms with Gasteiger partial charge in [0.25, 0.3) is 0 Å². The molecule has 0 rings (SSSR count). The predicted molar refractivity (Wildman–Crippen MR) is 364 cm³/mol. The molecule has 0 fully saturated rings. The highest BCUT2D eigenvalue weighted by molar-refractivity contribution is 5.76. The summed E-state index contributed by atoms with van der Waals surface area (Å²) in [5.41, 5.74) is 0. The summed E-state index contributed by atoms with van der Waals surface area (Å²) in [6.45, 7) is 4.40. The van der Waals surface area contributed by atoms with Crippen molar-refractivity contribution in [3.8, 4) is 0 Å². The second-order valence-corrected chi connectivity index (χ2v) is 26.1. The van der Waals surface area contributed by atoms with E-state index in [0.29, 0.717) is 12.8 Å². The first kappa shape index (κ1) is 79.6. The van der Waals surface area contributed by atoms with E-state index in [1.807, 2.05) is 0 Å². The second kappa shape index (κ2) is 72.9. The van der Waals surface area contributed by atoms with Crippen molar-refractivity contribution in [3.63, 3.8) is 0 Å². The standard InChI is InChI=1S/C77H149NO3/c1-3-5-7-9-11-13-15-17-19-21-23-25-27-29-31-33-35-36-37-38-39-40-41-42-43-45-47-49-51-53-55-57-59-61-63-65-67-69-71-73-77(81)78-75(74-79)76(80)72-70-68-66-64-62-60-58-56-54-52-50-48-46-44-34-32-30-28-26-24-22-20-18-16-14-12-10-8-6-4-2/h15,17,21,23,27,29,75-76,79-80H,3-14,16,18-20,22,24-26,28,30-74H2,1-2H3,(H,78,81)/b17-15-,23-21-,29-27-. The number of nitrogens with one attached hydrogen (secondary N) is 1. The normalized spacial score (nSPS) is 12.8. The molecule has 0 aromatic heterocycles. The predicted octanol–water partition coefficient (Wildman–Crippen LogP) is 25.9. The SMILES string of the molecule is CCCCCCC/C=C\C/C=C\C/C=C\CCCCCCCCCCCCCCCCCCCCCCCCCCC(=O)NC(CO)C(O)CCCCCCCCCCCCCCCCCCCCCCCCCCCCCCCC. The molecule has 4 heteroatoms. The van der Waals surface area contributed by atoms with Gasteiger partial charge in [-0.15, -0.1) is 0 Å². The third kappa shape index (κ3) is 69.3. The molecule has 0 heterocycles. The van der Waals surface area contributed by atoms with Crippen LogP contribution in [0.2, 0.25) is 0 Å². The Bertz CT molecular complexity index is 1240. The van der Waals surface area contributed by atoms with E-state index < -0.39 is 12.1 Å². The topological polar surface area (TPSA) is 69.6 Å². The lowest BCUT2D eigenvalue weighted by Gasteiger charge is -2.22. The first-order valence-electron chi connectivity index (χ1n) is 37.7. The van der Waals surface area contributed by atoms with Crippen LogP contribution < -0.4 is 5.32 Å². The number of hydrogen-bond acceptors (Lipinski definition) is 3. The molecule has 0 aliphatic rings. The van der Waals surface area contributed by atoms with Crippen molar-refractivity contribution in [2.45, 2.75) is 443 Å². The Kier molecular flexibility index (Phi) is 71.6. The number of unbranched alkanes of at least 4 members (excludes halogenated alkanes) is 58. The second-order valence-electron chi connectivity index (χ2n) is 26.1. The van der Waals surface area contributed by atoms with Crippen molar-refractivity contribution in [2.75, 3.05) is 6.61 Å². The van der Waals surface area contributed by atoms with Crippen LogP contribution in [-0.4, -0.2) is 34.9 Å². The summed E-state index contributed by atoms with van der Waals surface area (Å²) in [4.78, 5) is 12.6. The molecule has 0 aromatic rings. The van der Waals surface area contributed by atoms with Crippen LogP contribution in [0.1, 0.15) is 431 Å². The maximum Gasteiger partial charge on any atom is 0.220 e. The molecule has 0 radical (unpaired) electrons. The van der Waals surface area contributed by atoms with E-state index in [4.69, 9.17) is 0 Å². The summed E-state index contributed by atoms with van der Waals surface area (Å²) >= 11 is 0. The van der Waals surface area contributed by atoms with Crippen molar-refractivity contribution < 1.29 is 15.0 Å². The summed E-state index contributed by atoms with van der Waals surface area (Å²) < 4.78 is 0. The minimum absolute atomic E-state index is 0.0212. The summed E-state index contributed by atoms with van der Waals surface area (Å²) in [6.07, 6.45) is 101. The molecule has 1 amide bonds. The van der Waals surface area contributed by atoms with Crippen LogP contribution in [0.3, 0.4) is 0 Å². The largest absolute Gasteiger partial charge is 0.394 e. The maximum absolute atomic E-state index is 12.6. The number of aliphatic hydroxyl groups excluding tert-OH is 2. The van der Waals surface area contributed by atoms with E-state index >= 15 is 0 Å². The zero-order valence-corrected chi connectivity index (χ0v) is 55.6. The number of allylic oxidation sites excluding steroid dienone is 6. The summed E-state index contributed by atoms with van der Waals surface area (Å²) in [5, 5.41) is 23.5. The lowest BCUT2D eigenvalue weighted by Crippen LogP contribution is -2.45. The summed E-state index contributed by atoms with van der Waals surface area (Å²) in [5.74, 6) is -0.0212.